The number of carbonyl (C=O) groups is 1. The molecule has 1 aliphatic heterocycles. The summed E-state index contributed by atoms with van der Waals surface area (Å²) in [6.07, 6.45) is 3.38. The van der Waals surface area contributed by atoms with Crippen LogP contribution in [0.3, 0.4) is 0 Å². The summed E-state index contributed by atoms with van der Waals surface area (Å²) in [6, 6.07) is 16.0. The number of halogens is 1. The van der Waals surface area contributed by atoms with Crippen LogP contribution in [0.4, 0.5) is 0 Å². The molecule has 5 nitrogen and oxygen atoms in total. The molecular formula is C23H31ClN2O3. The molecule has 29 heavy (non-hydrogen) atoms. The molecule has 158 valence electrons. The number of amides is 1. The Labute approximate surface area is 179 Å². The Bertz CT molecular complexity index is 764. The Morgan fingerprint density at radius 3 is 2.55 bits per heavy atom. The van der Waals surface area contributed by atoms with E-state index in [1.54, 1.807) is 14.2 Å². The molecule has 2 N–H and O–H groups in total. The maximum absolute atomic E-state index is 12.6. The lowest BCUT2D eigenvalue weighted by Gasteiger charge is -2.21. The molecule has 2 atom stereocenters. The lowest BCUT2D eigenvalue weighted by atomic mass is 9.97. The number of hydrogen-bond donors (Lipinski definition) is 2. The van der Waals surface area contributed by atoms with Crippen LogP contribution >= 0.6 is 12.4 Å². The van der Waals surface area contributed by atoms with Gasteiger partial charge in [0, 0.05) is 6.42 Å². The molecule has 0 saturated carbocycles. The van der Waals surface area contributed by atoms with Gasteiger partial charge in [-0.15, -0.1) is 12.4 Å². The van der Waals surface area contributed by atoms with E-state index in [2.05, 4.69) is 22.8 Å². The van der Waals surface area contributed by atoms with Crippen molar-refractivity contribution >= 4 is 18.3 Å². The second kappa shape index (κ2) is 11.7. The van der Waals surface area contributed by atoms with E-state index < -0.39 is 0 Å². The number of ether oxygens (including phenoxy) is 2. The number of nitrogens with one attached hydrogen (secondary N) is 2. The van der Waals surface area contributed by atoms with Crippen molar-refractivity contribution in [1.29, 1.82) is 0 Å². The minimum atomic E-state index is -0.0755. The van der Waals surface area contributed by atoms with Crippen molar-refractivity contribution in [3.05, 3.63) is 59.7 Å². The number of rotatable bonds is 9. The van der Waals surface area contributed by atoms with Crippen molar-refractivity contribution in [2.24, 2.45) is 5.92 Å². The highest BCUT2D eigenvalue weighted by molar-refractivity contribution is 5.85. The highest BCUT2D eigenvalue weighted by atomic mass is 35.5. The average molecular weight is 419 g/mol. The third-order valence-electron chi connectivity index (χ3n) is 5.37. The molecule has 2 unspecified atom stereocenters. The first-order chi connectivity index (χ1) is 13.7. The van der Waals surface area contributed by atoms with Gasteiger partial charge in [0.1, 0.15) is 0 Å². The molecule has 2 aromatic carbocycles. The Hall–Kier alpha value is -2.24. The molecule has 3 rings (SSSR count). The van der Waals surface area contributed by atoms with Crippen LogP contribution in [0.2, 0.25) is 0 Å². The van der Waals surface area contributed by atoms with E-state index >= 15 is 0 Å². The molecule has 0 spiro atoms. The Balaban J connectivity index is 0.00000300. The van der Waals surface area contributed by atoms with Crippen molar-refractivity contribution in [2.75, 3.05) is 27.3 Å². The number of methoxy groups -OCH3 is 2. The summed E-state index contributed by atoms with van der Waals surface area (Å²) in [6.45, 7) is 2.10. The quantitative estimate of drug-likeness (QED) is 0.648. The second-order valence-corrected chi connectivity index (χ2v) is 7.32. The van der Waals surface area contributed by atoms with Crippen LogP contribution in [0.25, 0.3) is 0 Å². The zero-order chi connectivity index (χ0) is 19.8. The summed E-state index contributed by atoms with van der Waals surface area (Å²) in [5.74, 6) is 2.14. The third-order valence-corrected chi connectivity index (χ3v) is 5.37. The van der Waals surface area contributed by atoms with E-state index in [9.17, 15) is 4.79 Å². The van der Waals surface area contributed by atoms with Gasteiger partial charge < -0.3 is 20.1 Å². The standard InChI is InChI=1S/C23H30N2O3.ClH/c1-27-21-10-8-18(15-22(21)28-2)14-20(19-6-4-3-5-7-19)25-23(26)11-9-17-12-13-24-16-17;/h3-8,10,15,17,20,24H,9,11-14,16H2,1-2H3,(H,25,26);1H. The molecule has 0 bridgehead atoms. The summed E-state index contributed by atoms with van der Waals surface area (Å²) in [5, 5.41) is 6.60. The van der Waals surface area contributed by atoms with Crippen LogP contribution in [-0.2, 0) is 11.2 Å². The molecule has 1 saturated heterocycles. The van der Waals surface area contributed by atoms with Crippen LogP contribution < -0.4 is 20.1 Å². The van der Waals surface area contributed by atoms with E-state index in [-0.39, 0.29) is 24.4 Å². The van der Waals surface area contributed by atoms with Crippen LogP contribution in [0.5, 0.6) is 11.5 Å². The minimum Gasteiger partial charge on any atom is -0.493 e. The minimum absolute atomic E-state index is 0. The van der Waals surface area contributed by atoms with Crippen molar-refractivity contribution in [2.45, 2.75) is 31.7 Å². The lowest BCUT2D eigenvalue weighted by molar-refractivity contribution is -0.122. The first kappa shape index (κ1) is 23.0. The molecule has 0 aliphatic carbocycles. The van der Waals surface area contributed by atoms with Gasteiger partial charge in [0.15, 0.2) is 11.5 Å². The van der Waals surface area contributed by atoms with E-state index in [0.717, 1.165) is 30.6 Å². The van der Waals surface area contributed by atoms with Gasteiger partial charge in [-0.3, -0.25) is 4.79 Å². The summed E-state index contributed by atoms with van der Waals surface area (Å²) >= 11 is 0. The molecule has 1 heterocycles. The maximum atomic E-state index is 12.6. The van der Waals surface area contributed by atoms with Gasteiger partial charge in [0.05, 0.1) is 20.3 Å². The Kier molecular flexibility index (Phi) is 9.29. The summed E-state index contributed by atoms with van der Waals surface area (Å²) in [7, 11) is 3.26. The van der Waals surface area contributed by atoms with Crippen LogP contribution in [0.1, 0.15) is 36.4 Å². The third kappa shape index (κ3) is 6.65. The van der Waals surface area contributed by atoms with Crippen LogP contribution in [-0.4, -0.2) is 33.2 Å². The van der Waals surface area contributed by atoms with Gasteiger partial charge in [0.2, 0.25) is 5.91 Å². The van der Waals surface area contributed by atoms with Crippen LogP contribution in [0.15, 0.2) is 48.5 Å². The molecule has 1 aliphatic rings. The van der Waals surface area contributed by atoms with Gasteiger partial charge in [-0.05, 0) is 61.5 Å². The van der Waals surface area contributed by atoms with E-state index in [0.29, 0.717) is 30.3 Å². The van der Waals surface area contributed by atoms with Gasteiger partial charge in [-0.1, -0.05) is 36.4 Å². The Morgan fingerprint density at radius 1 is 1.14 bits per heavy atom. The van der Waals surface area contributed by atoms with Crippen molar-refractivity contribution < 1.29 is 14.3 Å². The van der Waals surface area contributed by atoms with Gasteiger partial charge in [0.25, 0.3) is 0 Å². The molecular weight excluding hydrogens is 388 g/mol. The smallest absolute Gasteiger partial charge is 0.220 e. The summed E-state index contributed by atoms with van der Waals surface area (Å²) in [4.78, 5) is 12.6. The van der Waals surface area contributed by atoms with E-state index in [1.807, 2.05) is 36.4 Å². The molecule has 6 heteroatoms. The number of carbonyl (C=O) groups excluding carboxylic acids is 1. The van der Waals surface area contributed by atoms with E-state index in [4.69, 9.17) is 9.47 Å². The van der Waals surface area contributed by atoms with Crippen molar-refractivity contribution in [3.63, 3.8) is 0 Å². The van der Waals surface area contributed by atoms with E-state index in [1.165, 1.54) is 6.42 Å². The fraction of sp³-hybridized carbons (Fsp3) is 0.435. The zero-order valence-electron chi connectivity index (χ0n) is 17.1. The molecule has 2 aromatic rings. The van der Waals surface area contributed by atoms with Crippen molar-refractivity contribution in [3.8, 4) is 11.5 Å². The molecule has 0 radical (unpaired) electrons. The predicted octanol–water partition coefficient (Wildman–Crippen LogP) is 3.92. The SMILES string of the molecule is COc1ccc(CC(NC(=O)CCC2CCNC2)c2ccccc2)cc1OC.Cl. The summed E-state index contributed by atoms with van der Waals surface area (Å²) in [5.41, 5.74) is 2.19. The van der Waals surface area contributed by atoms with Crippen molar-refractivity contribution in [1.82, 2.24) is 10.6 Å². The fourth-order valence-corrected chi connectivity index (χ4v) is 3.74. The van der Waals surface area contributed by atoms with Gasteiger partial charge in [-0.25, -0.2) is 0 Å². The molecule has 0 aromatic heterocycles. The van der Waals surface area contributed by atoms with Gasteiger partial charge >= 0.3 is 0 Å². The topological polar surface area (TPSA) is 59.6 Å². The van der Waals surface area contributed by atoms with Gasteiger partial charge in [-0.2, -0.15) is 0 Å². The normalized spacial score (nSPS) is 16.6. The highest BCUT2D eigenvalue weighted by Crippen LogP contribution is 2.29. The number of hydrogen-bond acceptors (Lipinski definition) is 4. The monoisotopic (exact) mass is 418 g/mol. The Morgan fingerprint density at radius 2 is 1.90 bits per heavy atom. The fourth-order valence-electron chi connectivity index (χ4n) is 3.74. The molecule has 1 fully saturated rings. The van der Waals surface area contributed by atoms with Crippen LogP contribution in [0, 0.1) is 5.92 Å². The molecule has 1 amide bonds. The predicted molar refractivity (Wildman–Crippen MR) is 118 cm³/mol. The summed E-state index contributed by atoms with van der Waals surface area (Å²) < 4.78 is 10.7. The first-order valence-electron chi connectivity index (χ1n) is 9.95. The largest absolute Gasteiger partial charge is 0.493 e. The number of benzene rings is 2. The second-order valence-electron chi connectivity index (χ2n) is 7.32. The average Bonchev–Trinajstić information content (AvgIpc) is 3.26. The maximum Gasteiger partial charge on any atom is 0.220 e. The zero-order valence-corrected chi connectivity index (χ0v) is 18.0. The highest BCUT2D eigenvalue weighted by Gasteiger charge is 2.19. The lowest BCUT2D eigenvalue weighted by Crippen LogP contribution is -2.30. The first-order valence-corrected chi connectivity index (χ1v) is 9.95.